The van der Waals surface area contributed by atoms with Gasteiger partial charge in [0.2, 0.25) is 0 Å². The highest BCUT2D eigenvalue weighted by Gasteiger charge is 2.69. The molecule has 0 bridgehead atoms. The maximum Gasteiger partial charge on any atom is 0.147 e. The molecule has 0 amide bonds. The van der Waals surface area contributed by atoms with Gasteiger partial charge in [-0.1, -0.05) is 41.5 Å². The van der Waals surface area contributed by atoms with Gasteiger partial charge in [-0.3, -0.25) is 0 Å². The van der Waals surface area contributed by atoms with Crippen LogP contribution >= 0.6 is 6.49 Å². The third kappa shape index (κ3) is 2.59. The van der Waals surface area contributed by atoms with Gasteiger partial charge < -0.3 is 0 Å². The van der Waals surface area contributed by atoms with Gasteiger partial charge in [0.15, 0.2) is 0 Å². The highest BCUT2D eigenvalue weighted by Crippen LogP contribution is 2.76. The molecule has 0 aromatic heterocycles. The normalized spacial score (nSPS) is 51.2. The SMILES string of the molecule is CC(C)C1C(C)N1P(=S)(N1C(C)C1C(C)C)N1C(C)C1C(C)C. The molecule has 0 aromatic rings. The Balaban J connectivity index is 1.92. The molecular weight excluding hydrogens is 321 g/mol. The van der Waals surface area contributed by atoms with Crippen LogP contribution in [0.5, 0.6) is 0 Å². The van der Waals surface area contributed by atoms with Gasteiger partial charge in [0.25, 0.3) is 0 Å². The second kappa shape index (κ2) is 5.77. The van der Waals surface area contributed by atoms with E-state index in [1.54, 1.807) is 0 Å². The van der Waals surface area contributed by atoms with Crippen LogP contribution in [0, 0.1) is 17.8 Å². The summed E-state index contributed by atoms with van der Waals surface area (Å²) in [6, 6.07) is 4.01. The number of rotatable bonds is 6. The van der Waals surface area contributed by atoms with Crippen molar-refractivity contribution < 1.29 is 0 Å². The third-order valence-corrected chi connectivity index (χ3v) is 11.7. The van der Waals surface area contributed by atoms with E-state index in [2.05, 4.69) is 76.3 Å². The Morgan fingerprint density at radius 3 is 0.957 bits per heavy atom. The summed E-state index contributed by atoms with van der Waals surface area (Å²) in [6.07, 6.45) is 0. The lowest BCUT2D eigenvalue weighted by atomic mass is 10.1. The van der Waals surface area contributed by atoms with Crippen molar-refractivity contribution in [2.45, 2.75) is 98.6 Å². The molecule has 3 aliphatic rings. The molecule has 9 atom stereocenters. The first kappa shape index (κ1) is 18.3. The predicted molar refractivity (Wildman–Crippen MR) is 104 cm³/mol. The van der Waals surface area contributed by atoms with Crippen molar-refractivity contribution in [3.63, 3.8) is 0 Å². The predicted octanol–water partition coefficient (Wildman–Crippen LogP) is 4.40. The Bertz CT molecular complexity index is 449. The van der Waals surface area contributed by atoms with Gasteiger partial charge in [0.1, 0.15) is 6.49 Å². The zero-order valence-electron chi connectivity index (χ0n) is 16.4. The summed E-state index contributed by atoms with van der Waals surface area (Å²) in [7, 11) is 0. The van der Waals surface area contributed by atoms with Crippen LogP contribution in [0.4, 0.5) is 0 Å². The van der Waals surface area contributed by atoms with Crippen molar-refractivity contribution in [2.24, 2.45) is 17.8 Å². The van der Waals surface area contributed by atoms with Gasteiger partial charge >= 0.3 is 0 Å². The third-order valence-electron chi connectivity index (χ3n) is 6.33. The monoisotopic (exact) mass is 357 g/mol. The zero-order valence-corrected chi connectivity index (χ0v) is 18.1. The van der Waals surface area contributed by atoms with Gasteiger partial charge in [0.05, 0.1) is 0 Å². The quantitative estimate of drug-likeness (QED) is 0.514. The van der Waals surface area contributed by atoms with Gasteiger partial charge in [-0.2, -0.15) is 0 Å². The van der Waals surface area contributed by atoms with E-state index in [0.29, 0.717) is 54.0 Å². The van der Waals surface area contributed by atoms with Crippen LogP contribution in [0.2, 0.25) is 0 Å². The molecule has 0 spiro atoms. The van der Waals surface area contributed by atoms with Crippen LogP contribution < -0.4 is 0 Å². The van der Waals surface area contributed by atoms with Crippen molar-refractivity contribution in [3.05, 3.63) is 0 Å². The molecule has 5 heteroatoms. The molecule has 3 rings (SSSR count). The first-order chi connectivity index (χ1) is 10.6. The minimum Gasteiger partial charge on any atom is -0.242 e. The molecule has 9 unspecified atom stereocenters. The molecule has 0 radical (unpaired) electrons. The first-order valence-electron chi connectivity index (χ1n) is 9.53. The highest BCUT2D eigenvalue weighted by molar-refractivity contribution is 8.11. The first-order valence-corrected chi connectivity index (χ1v) is 12.2. The van der Waals surface area contributed by atoms with Gasteiger partial charge in [0, 0.05) is 36.3 Å². The fourth-order valence-electron chi connectivity index (χ4n) is 5.25. The molecule has 0 N–H and O–H groups in total. The maximum absolute atomic E-state index is 6.57. The van der Waals surface area contributed by atoms with Crippen molar-refractivity contribution in [2.75, 3.05) is 0 Å². The van der Waals surface area contributed by atoms with Crippen LogP contribution in [0.1, 0.15) is 62.3 Å². The minimum absolute atomic E-state index is 0.655. The van der Waals surface area contributed by atoms with E-state index in [1.807, 2.05) is 0 Å². The molecule has 3 saturated heterocycles. The summed E-state index contributed by atoms with van der Waals surface area (Å²) < 4.78 is 8.22. The fraction of sp³-hybridized carbons (Fsp3) is 1.00. The number of hydrogen-bond acceptors (Lipinski definition) is 1. The molecule has 3 nitrogen and oxygen atoms in total. The average Bonchev–Trinajstić information content (AvgIpc) is 3.30. The lowest BCUT2D eigenvalue weighted by Gasteiger charge is -2.31. The Kier molecular flexibility index (Phi) is 4.60. The van der Waals surface area contributed by atoms with E-state index >= 15 is 0 Å². The average molecular weight is 358 g/mol. The summed E-state index contributed by atoms with van der Waals surface area (Å²) in [4.78, 5) is 0. The maximum atomic E-state index is 6.57. The highest BCUT2D eigenvalue weighted by atomic mass is 32.4. The molecule has 3 fully saturated rings. The fourth-order valence-corrected chi connectivity index (χ4v) is 12.4. The van der Waals surface area contributed by atoms with Crippen molar-refractivity contribution >= 4 is 18.3 Å². The largest absolute Gasteiger partial charge is 0.242 e. The summed E-state index contributed by atoms with van der Waals surface area (Å²) in [5.74, 6) is 2.11. The summed E-state index contributed by atoms with van der Waals surface area (Å²) in [5.41, 5.74) is 0. The summed E-state index contributed by atoms with van der Waals surface area (Å²) in [6.45, 7) is 19.6. The van der Waals surface area contributed by atoms with Crippen molar-refractivity contribution in [1.82, 2.24) is 14.0 Å². The van der Waals surface area contributed by atoms with Crippen molar-refractivity contribution in [1.29, 1.82) is 0 Å². The summed E-state index contributed by atoms with van der Waals surface area (Å²) in [5, 5.41) is 0. The lowest BCUT2D eigenvalue weighted by Crippen LogP contribution is -2.21. The second-order valence-corrected chi connectivity index (χ2v) is 13.0. The number of nitrogens with zero attached hydrogens (tertiary/aromatic N) is 3. The Morgan fingerprint density at radius 2 is 0.826 bits per heavy atom. The Hall–Kier alpha value is 0.530. The molecule has 0 aromatic carbocycles. The standard InChI is InChI=1S/C18H36N3PS/c1-10(2)16-13(7)19(16)22(23,20-14(8)17(20)11(3)4)21-15(9)18(21)12(5)6/h10-18H,1-9H3. The lowest BCUT2D eigenvalue weighted by molar-refractivity contribution is 0.494. The minimum atomic E-state index is -1.77. The van der Waals surface area contributed by atoms with E-state index in [4.69, 9.17) is 11.8 Å². The molecule has 23 heavy (non-hydrogen) atoms. The Labute approximate surface area is 148 Å². The number of hydrogen-bond donors (Lipinski definition) is 0. The van der Waals surface area contributed by atoms with Crippen LogP contribution in [-0.4, -0.2) is 50.3 Å². The topological polar surface area (TPSA) is 9.03 Å². The molecule has 3 heterocycles. The van der Waals surface area contributed by atoms with Gasteiger partial charge in [-0.25, -0.2) is 14.0 Å². The second-order valence-electron chi connectivity index (χ2n) is 9.08. The van der Waals surface area contributed by atoms with E-state index in [0.717, 1.165) is 0 Å². The molecule has 0 saturated carbocycles. The van der Waals surface area contributed by atoms with E-state index in [1.165, 1.54) is 0 Å². The van der Waals surface area contributed by atoms with E-state index < -0.39 is 6.49 Å². The van der Waals surface area contributed by atoms with Crippen LogP contribution in [-0.2, 0) is 11.8 Å². The van der Waals surface area contributed by atoms with E-state index in [9.17, 15) is 0 Å². The van der Waals surface area contributed by atoms with Crippen LogP contribution in [0.15, 0.2) is 0 Å². The smallest absolute Gasteiger partial charge is 0.147 e. The molecular formula is C18H36N3PS. The zero-order chi connectivity index (χ0) is 17.4. The van der Waals surface area contributed by atoms with Crippen LogP contribution in [0.3, 0.4) is 0 Å². The van der Waals surface area contributed by atoms with E-state index in [-0.39, 0.29) is 0 Å². The van der Waals surface area contributed by atoms with Crippen LogP contribution in [0.25, 0.3) is 0 Å². The van der Waals surface area contributed by atoms with Crippen molar-refractivity contribution in [3.8, 4) is 0 Å². The molecule has 3 aliphatic heterocycles. The van der Waals surface area contributed by atoms with Gasteiger partial charge in [-0.05, 0) is 50.3 Å². The molecule has 134 valence electrons. The van der Waals surface area contributed by atoms with Gasteiger partial charge in [-0.15, -0.1) is 0 Å². The molecule has 0 aliphatic carbocycles. The summed E-state index contributed by atoms with van der Waals surface area (Å²) >= 11 is 6.57. The Morgan fingerprint density at radius 1 is 0.609 bits per heavy atom.